The molecule has 1 N–H and O–H groups in total. The Morgan fingerprint density at radius 1 is 1.47 bits per heavy atom. The molecule has 0 saturated carbocycles. The van der Waals surface area contributed by atoms with Gasteiger partial charge in [0.25, 0.3) is 0 Å². The van der Waals surface area contributed by atoms with Gasteiger partial charge in [0.2, 0.25) is 0 Å². The average molecular weight is 240 g/mol. The van der Waals surface area contributed by atoms with Crippen LogP contribution in [0.2, 0.25) is 0 Å². The predicted molar refractivity (Wildman–Crippen MR) is 66.3 cm³/mol. The van der Waals surface area contributed by atoms with Crippen LogP contribution in [-0.2, 0) is 4.74 Å². The van der Waals surface area contributed by atoms with Gasteiger partial charge in [-0.05, 0) is 37.9 Å². The number of hydrogen-bond donors (Lipinski definition) is 1. The van der Waals surface area contributed by atoms with Crippen molar-refractivity contribution in [3.8, 4) is 0 Å². The van der Waals surface area contributed by atoms with Crippen LogP contribution in [0.5, 0.6) is 0 Å². The summed E-state index contributed by atoms with van der Waals surface area (Å²) in [5, 5.41) is 3.42. The van der Waals surface area contributed by atoms with Crippen LogP contribution in [-0.4, -0.2) is 25.2 Å². The SMILES string of the molecule is CCCNC(CCCOC)c1ccc(F)cn1. The molecule has 0 aliphatic carbocycles. The fraction of sp³-hybridized carbons (Fsp3) is 0.615. The summed E-state index contributed by atoms with van der Waals surface area (Å²) in [6.45, 7) is 3.81. The predicted octanol–water partition coefficient (Wildman–Crippen LogP) is 2.69. The molecule has 17 heavy (non-hydrogen) atoms. The molecule has 1 unspecified atom stereocenters. The average Bonchev–Trinajstić information content (AvgIpc) is 2.35. The highest BCUT2D eigenvalue weighted by Gasteiger charge is 2.11. The number of rotatable bonds is 8. The summed E-state index contributed by atoms with van der Waals surface area (Å²) in [5.74, 6) is -0.292. The van der Waals surface area contributed by atoms with Crippen LogP contribution in [0.3, 0.4) is 0 Å². The Labute approximate surface area is 102 Å². The lowest BCUT2D eigenvalue weighted by atomic mass is 10.1. The van der Waals surface area contributed by atoms with E-state index in [1.807, 2.05) is 0 Å². The second-order valence-corrected chi connectivity index (χ2v) is 4.04. The van der Waals surface area contributed by atoms with E-state index in [-0.39, 0.29) is 11.9 Å². The van der Waals surface area contributed by atoms with Crippen LogP contribution in [0.25, 0.3) is 0 Å². The number of nitrogens with one attached hydrogen (secondary N) is 1. The van der Waals surface area contributed by atoms with Crippen LogP contribution in [0.15, 0.2) is 18.3 Å². The van der Waals surface area contributed by atoms with Gasteiger partial charge >= 0.3 is 0 Å². The van der Waals surface area contributed by atoms with Crippen molar-refractivity contribution in [3.63, 3.8) is 0 Å². The van der Waals surface area contributed by atoms with Gasteiger partial charge < -0.3 is 10.1 Å². The summed E-state index contributed by atoms with van der Waals surface area (Å²) in [4.78, 5) is 4.13. The molecule has 0 fully saturated rings. The van der Waals surface area contributed by atoms with E-state index < -0.39 is 0 Å². The van der Waals surface area contributed by atoms with Crippen molar-refractivity contribution in [3.05, 3.63) is 29.8 Å². The van der Waals surface area contributed by atoms with Crippen molar-refractivity contribution in [1.82, 2.24) is 10.3 Å². The van der Waals surface area contributed by atoms with Crippen molar-refractivity contribution < 1.29 is 9.13 Å². The number of hydrogen-bond acceptors (Lipinski definition) is 3. The van der Waals surface area contributed by atoms with Crippen molar-refractivity contribution in [1.29, 1.82) is 0 Å². The fourth-order valence-electron chi connectivity index (χ4n) is 1.70. The van der Waals surface area contributed by atoms with Gasteiger partial charge in [0, 0.05) is 19.8 Å². The van der Waals surface area contributed by atoms with E-state index in [2.05, 4.69) is 17.2 Å². The summed E-state index contributed by atoms with van der Waals surface area (Å²) in [6.07, 6.45) is 4.26. The number of nitrogens with zero attached hydrogens (tertiary/aromatic N) is 1. The number of ether oxygens (including phenoxy) is 1. The van der Waals surface area contributed by atoms with E-state index in [0.29, 0.717) is 0 Å². The molecule has 1 aromatic heterocycles. The zero-order valence-electron chi connectivity index (χ0n) is 10.6. The zero-order valence-corrected chi connectivity index (χ0v) is 10.6. The van der Waals surface area contributed by atoms with Crippen LogP contribution in [0.1, 0.15) is 37.9 Å². The number of pyridine rings is 1. The third kappa shape index (κ3) is 5.24. The monoisotopic (exact) mass is 240 g/mol. The molecule has 0 radical (unpaired) electrons. The molecular weight excluding hydrogens is 219 g/mol. The zero-order chi connectivity index (χ0) is 12.5. The van der Waals surface area contributed by atoms with Crippen LogP contribution < -0.4 is 5.32 Å². The number of aromatic nitrogens is 1. The molecule has 3 nitrogen and oxygen atoms in total. The normalized spacial score (nSPS) is 12.6. The number of halogens is 1. The molecule has 0 saturated heterocycles. The Morgan fingerprint density at radius 2 is 2.29 bits per heavy atom. The maximum atomic E-state index is 12.8. The molecule has 96 valence electrons. The second-order valence-electron chi connectivity index (χ2n) is 4.04. The second kappa shape index (κ2) is 8.14. The van der Waals surface area contributed by atoms with Gasteiger partial charge in [-0.15, -0.1) is 0 Å². The molecule has 0 aromatic carbocycles. The van der Waals surface area contributed by atoms with Crippen molar-refractivity contribution in [2.75, 3.05) is 20.3 Å². The van der Waals surface area contributed by atoms with Crippen molar-refractivity contribution >= 4 is 0 Å². The lowest BCUT2D eigenvalue weighted by Crippen LogP contribution is -2.23. The molecule has 0 amide bonds. The molecule has 0 aliphatic heterocycles. The van der Waals surface area contributed by atoms with Crippen LogP contribution in [0.4, 0.5) is 4.39 Å². The van der Waals surface area contributed by atoms with Gasteiger partial charge in [-0.2, -0.15) is 0 Å². The summed E-state index contributed by atoms with van der Waals surface area (Å²) in [7, 11) is 1.70. The van der Waals surface area contributed by atoms with Gasteiger partial charge in [0.1, 0.15) is 5.82 Å². The topological polar surface area (TPSA) is 34.1 Å². The molecule has 0 spiro atoms. The molecule has 0 bridgehead atoms. The van der Waals surface area contributed by atoms with E-state index in [0.717, 1.165) is 38.1 Å². The van der Waals surface area contributed by atoms with Crippen molar-refractivity contribution in [2.24, 2.45) is 0 Å². The number of methoxy groups -OCH3 is 1. The lowest BCUT2D eigenvalue weighted by Gasteiger charge is -2.17. The largest absolute Gasteiger partial charge is 0.385 e. The Hall–Kier alpha value is -1.00. The molecule has 1 aromatic rings. The maximum Gasteiger partial charge on any atom is 0.141 e. The van der Waals surface area contributed by atoms with E-state index in [1.165, 1.54) is 12.3 Å². The van der Waals surface area contributed by atoms with Gasteiger partial charge in [0.05, 0.1) is 11.9 Å². The Bertz CT molecular complexity index is 303. The van der Waals surface area contributed by atoms with Crippen LogP contribution >= 0.6 is 0 Å². The Balaban J connectivity index is 2.57. The fourth-order valence-corrected chi connectivity index (χ4v) is 1.70. The van der Waals surface area contributed by atoms with Gasteiger partial charge in [0.15, 0.2) is 0 Å². The molecule has 0 aliphatic rings. The van der Waals surface area contributed by atoms with E-state index >= 15 is 0 Å². The first-order valence-electron chi connectivity index (χ1n) is 6.11. The first-order valence-corrected chi connectivity index (χ1v) is 6.11. The van der Waals surface area contributed by atoms with E-state index in [4.69, 9.17) is 4.74 Å². The Kier molecular flexibility index (Phi) is 6.74. The molecule has 1 heterocycles. The van der Waals surface area contributed by atoms with E-state index in [1.54, 1.807) is 13.2 Å². The third-order valence-corrected chi connectivity index (χ3v) is 2.59. The van der Waals surface area contributed by atoms with Gasteiger partial charge in [-0.1, -0.05) is 6.92 Å². The molecule has 1 rings (SSSR count). The van der Waals surface area contributed by atoms with Crippen molar-refractivity contribution in [2.45, 2.75) is 32.2 Å². The molecule has 4 heteroatoms. The first-order chi connectivity index (χ1) is 8.27. The quantitative estimate of drug-likeness (QED) is 0.709. The highest BCUT2D eigenvalue weighted by atomic mass is 19.1. The smallest absolute Gasteiger partial charge is 0.141 e. The van der Waals surface area contributed by atoms with E-state index in [9.17, 15) is 4.39 Å². The minimum Gasteiger partial charge on any atom is -0.385 e. The third-order valence-electron chi connectivity index (χ3n) is 2.59. The van der Waals surface area contributed by atoms with Gasteiger partial charge in [-0.25, -0.2) is 4.39 Å². The lowest BCUT2D eigenvalue weighted by molar-refractivity contribution is 0.188. The summed E-state index contributed by atoms with van der Waals surface area (Å²) >= 11 is 0. The highest BCUT2D eigenvalue weighted by Crippen LogP contribution is 2.16. The minimum atomic E-state index is -0.292. The highest BCUT2D eigenvalue weighted by molar-refractivity contribution is 5.09. The summed E-state index contributed by atoms with van der Waals surface area (Å²) < 4.78 is 17.8. The maximum absolute atomic E-state index is 12.8. The molecule has 1 atom stereocenters. The molecular formula is C13H21FN2O. The summed E-state index contributed by atoms with van der Waals surface area (Å²) in [6, 6.07) is 3.39. The van der Waals surface area contributed by atoms with Crippen LogP contribution in [0, 0.1) is 5.82 Å². The summed E-state index contributed by atoms with van der Waals surface area (Å²) in [5.41, 5.74) is 0.899. The standard InChI is InChI=1S/C13H21FN2O/c1-3-8-15-12(5-4-9-17-2)13-7-6-11(14)10-16-13/h6-7,10,12,15H,3-5,8-9H2,1-2H3. The Morgan fingerprint density at radius 3 is 2.88 bits per heavy atom. The van der Waals surface area contributed by atoms with Gasteiger partial charge in [-0.3, -0.25) is 4.98 Å². The minimum absolute atomic E-state index is 0.186. The first kappa shape index (κ1) is 14.1.